The Hall–Kier alpha value is -0.810. The normalized spacial score (nSPS) is 22.3. The average molecular weight is 271 g/mol. The Labute approximate surface area is 117 Å². The minimum Gasteiger partial charge on any atom is -0.444 e. The highest BCUT2D eigenvalue weighted by atomic mass is 16.6. The monoisotopic (exact) mass is 271 g/mol. The van der Waals surface area contributed by atoms with Crippen LogP contribution >= 0.6 is 0 Å². The van der Waals surface area contributed by atoms with Gasteiger partial charge in [0.05, 0.1) is 0 Å². The van der Waals surface area contributed by atoms with E-state index in [9.17, 15) is 4.79 Å². The molecule has 1 saturated heterocycles. The summed E-state index contributed by atoms with van der Waals surface area (Å²) in [6.07, 6.45) is 0.914. The van der Waals surface area contributed by atoms with Crippen LogP contribution in [0.2, 0.25) is 0 Å². The molecule has 112 valence electrons. The van der Waals surface area contributed by atoms with Crippen LogP contribution in [-0.4, -0.2) is 55.9 Å². The molecule has 2 N–H and O–H groups in total. The number of carbonyl (C=O) groups is 1. The van der Waals surface area contributed by atoms with Gasteiger partial charge in [-0.3, -0.25) is 0 Å². The lowest BCUT2D eigenvalue weighted by Crippen LogP contribution is -2.42. The summed E-state index contributed by atoms with van der Waals surface area (Å²) in [4.78, 5) is 13.9. The van der Waals surface area contributed by atoms with Gasteiger partial charge >= 0.3 is 6.09 Å². The van der Waals surface area contributed by atoms with Crippen LogP contribution in [0.5, 0.6) is 0 Å². The van der Waals surface area contributed by atoms with Crippen LogP contribution in [0.3, 0.4) is 0 Å². The highest BCUT2D eigenvalue weighted by Crippen LogP contribution is 2.12. The van der Waals surface area contributed by atoms with Gasteiger partial charge in [-0.2, -0.15) is 0 Å². The maximum Gasteiger partial charge on any atom is 0.407 e. The van der Waals surface area contributed by atoms with E-state index in [2.05, 4.69) is 29.5 Å². The highest BCUT2D eigenvalue weighted by Gasteiger charge is 2.20. The van der Waals surface area contributed by atoms with Gasteiger partial charge in [-0.15, -0.1) is 0 Å². The van der Waals surface area contributed by atoms with Crippen molar-refractivity contribution >= 4 is 6.09 Å². The number of hydrogen-bond acceptors (Lipinski definition) is 4. The second-order valence-corrected chi connectivity index (χ2v) is 6.61. The van der Waals surface area contributed by atoms with Gasteiger partial charge in [0.2, 0.25) is 0 Å². The van der Waals surface area contributed by atoms with Crippen molar-refractivity contribution in [1.29, 1.82) is 0 Å². The lowest BCUT2D eigenvalue weighted by atomic mass is 10.1. The smallest absolute Gasteiger partial charge is 0.407 e. The zero-order valence-corrected chi connectivity index (χ0v) is 13.0. The fourth-order valence-corrected chi connectivity index (χ4v) is 2.18. The number of nitrogens with one attached hydrogen (secondary N) is 2. The first-order valence-corrected chi connectivity index (χ1v) is 7.15. The van der Waals surface area contributed by atoms with Crippen molar-refractivity contribution in [3.8, 4) is 0 Å². The molecule has 2 unspecified atom stereocenters. The molecule has 1 heterocycles. The van der Waals surface area contributed by atoms with E-state index >= 15 is 0 Å². The summed E-state index contributed by atoms with van der Waals surface area (Å²) in [5.41, 5.74) is -0.435. The number of carbonyl (C=O) groups excluding carboxylic acids is 1. The summed E-state index contributed by atoms with van der Waals surface area (Å²) in [5.74, 6) is 0.731. The Morgan fingerprint density at radius 3 is 2.68 bits per heavy atom. The first-order chi connectivity index (χ1) is 8.76. The molecule has 5 heteroatoms. The molecule has 0 bridgehead atoms. The Kier molecular flexibility index (Phi) is 6.07. The van der Waals surface area contributed by atoms with Crippen molar-refractivity contribution in [3.63, 3.8) is 0 Å². The Bertz CT molecular complexity index is 289. The predicted molar refractivity (Wildman–Crippen MR) is 77.3 cm³/mol. The summed E-state index contributed by atoms with van der Waals surface area (Å²) in [6.45, 7) is 11.6. The van der Waals surface area contributed by atoms with Crippen molar-refractivity contribution in [3.05, 3.63) is 0 Å². The number of ether oxygens (including phenoxy) is 1. The molecule has 2 atom stereocenters. The molecule has 1 fully saturated rings. The molecule has 19 heavy (non-hydrogen) atoms. The molecule has 0 aromatic heterocycles. The van der Waals surface area contributed by atoms with Gasteiger partial charge in [0.1, 0.15) is 5.60 Å². The van der Waals surface area contributed by atoms with E-state index in [0.717, 1.165) is 12.5 Å². The Morgan fingerprint density at radius 2 is 2.16 bits per heavy atom. The zero-order chi connectivity index (χ0) is 14.5. The molecule has 1 aliphatic heterocycles. The minimum absolute atomic E-state index is 0.262. The van der Waals surface area contributed by atoms with Gasteiger partial charge in [0.25, 0.3) is 0 Å². The fourth-order valence-electron chi connectivity index (χ4n) is 2.18. The van der Waals surface area contributed by atoms with Crippen LogP contribution in [0.1, 0.15) is 34.1 Å². The molecule has 0 aliphatic carbocycles. The molecule has 1 rings (SSSR count). The summed E-state index contributed by atoms with van der Waals surface area (Å²) >= 11 is 0. The first-order valence-electron chi connectivity index (χ1n) is 7.15. The SMILES string of the molecule is CC(CNC(=O)OC(C)(C)C)NCC1CCN(C)C1. The van der Waals surface area contributed by atoms with E-state index in [1.807, 2.05) is 20.8 Å². The van der Waals surface area contributed by atoms with E-state index in [0.29, 0.717) is 6.54 Å². The van der Waals surface area contributed by atoms with Crippen molar-refractivity contribution in [2.45, 2.75) is 45.8 Å². The molecule has 0 aromatic carbocycles. The molecule has 0 aromatic rings. The largest absolute Gasteiger partial charge is 0.444 e. The summed E-state index contributed by atoms with van der Waals surface area (Å²) < 4.78 is 5.20. The average Bonchev–Trinajstić information content (AvgIpc) is 2.67. The quantitative estimate of drug-likeness (QED) is 0.794. The summed E-state index contributed by atoms with van der Waals surface area (Å²) in [5, 5.41) is 6.26. The lowest BCUT2D eigenvalue weighted by molar-refractivity contribution is 0.0523. The number of alkyl carbamates (subject to hydrolysis) is 1. The zero-order valence-electron chi connectivity index (χ0n) is 13.0. The van der Waals surface area contributed by atoms with Crippen molar-refractivity contribution in [1.82, 2.24) is 15.5 Å². The van der Waals surface area contributed by atoms with E-state index in [1.54, 1.807) is 0 Å². The van der Waals surface area contributed by atoms with Crippen LogP contribution in [-0.2, 0) is 4.74 Å². The van der Waals surface area contributed by atoms with Gasteiger partial charge in [0, 0.05) is 19.1 Å². The molecule has 1 amide bonds. The standard InChI is InChI=1S/C14H29N3O2/c1-11(8-16-13(18)19-14(2,3)4)15-9-12-6-7-17(5)10-12/h11-12,15H,6-10H2,1-5H3,(H,16,18). The topological polar surface area (TPSA) is 53.6 Å². The predicted octanol–water partition coefficient (Wildman–Crippen LogP) is 1.44. The third-order valence-electron chi connectivity index (χ3n) is 3.20. The van der Waals surface area contributed by atoms with Crippen molar-refractivity contribution in [2.24, 2.45) is 5.92 Å². The fraction of sp³-hybridized carbons (Fsp3) is 0.929. The van der Waals surface area contributed by atoms with E-state index in [1.165, 1.54) is 19.5 Å². The van der Waals surface area contributed by atoms with Crippen molar-refractivity contribution < 1.29 is 9.53 Å². The molecule has 5 nitrogen and oxygen atoms in total. The number of hydrogen-bond donors (Lipinski definition) is 2. The van der Waals surface area contributed by atoms with Crippen LogP contribution in [0, 0.1) is 5.92 Å². The molecular formula is C14H29N3O2. The Morgan fingerprint density at radius 1 is 1.47 bits per heavy atom. The summed E-state index contributed by atoms with van der Waals surface area (Å²) in [7, 11) is 2.16. The van der Waals surface area contributed by atoms with Crippen LogP contribution < -0.4 is 10.6 Å². The maximum atomic E-state index is 11.5. The second-order valence-electron chi connectivity index (χ2n) is 6.61. The van der Waals surface area contributed by atoms with Gasteiger partial charge in [-0.05, 0) is 60.2 Å². The number of rotatable bonds is 5. The number of nitrogens with zero attached hydrogens (tertiary/aromatic N) is 1. The molecule has 0 radical (unpaired) electrons. The molecule has 1 aliphatic rings. The number of amides is 1. The van der Waals surface area contributed by atoms with Crippen LogP contribution in [0.25, 0.3) is 0 Å². The van der Waals surface area contributed by atoms with E-state index < -0.39 is 5.60 Å². The molecule has 0 saturated carbocycles. The summed E-state index contributed by atoms with van der Waals surface area (Å²) in [6, 6.07) is 0.262. The number of likely N-dealkylation sites (tertiary alicyclic amines) is 1. The van der Waals surface area contributed by atoms with Gasteiger partial charge < -0.3 is 20.3 Å². The van der Waals surface area contributed by atoms with E-state index in [4.69, 9.17) is 4.74 Å². The highest BCUT2D eigenvalue weighted by molar-refractivity contribution is 5.67. The van der Waals surface area contributed by atoms with Crippen LogP contribution in [0.15, 0.2) is 0 Å². The van der Waals surface area contributed by atoms with E-state index in [-0.39, 0.29) is 12.1 Å². The molecular weight excluding hydrogens is 242 g/mol. The van der Waals surface area contributed by atoms with Gasteiger partial charge in [-0.25, -0.2) is 4.79 Å². The van der Waals surface area contributed by atoms with Gasteiger partial charge in [0.15, 0.2) is 0 Å². The third-order valence-corrected chi connectivity index (χ3v) is 3.20. The third kappa shape index (κ3) is 7.38. The maximum absolute atomic E-state index is 11.5. The Balaban J connectivity index is 2.10. The van der Waals surface area contributed by atoms with Gasteiger partial charge in [-0.1, -0.05) is 0 Å². The lowest BCUT2D eigenvalue weighted by Gasteiger charge is -2.21. The second kappa shape index (κ2) is 7.10. The van der Waals surface area contributed by atoms with Crippen molar-refractivity contribution in [2.75, 3.05) is 33.2 Å². The molecule has 0 spiro atoms. The van der Waals surface area contributed by atoms with Crippen LogP contribution in [0.4, 0.5) is 4.79 Å². The minimum atomic E-state index is -0.435. The first kappa shape index (κ1) is 16.2.